The van der Waals surface area contributed by atoms with Gasteiger partial charge in [-0.15, -0.1) is 0 Å². The summed E-state index contributed by atoms with van der Waals surface area (Å²) >= 11 is 0. The van der Waals surface area contributed by atoms with Crippen LogP contribution in [-0.4, -0.2) is 47.6 Å². The summed E-state index contributed by atoms with van der Waals surface area (Å²) in [5, 5.41) is 0. The van der Waals surface area contributed by atoms with Crippen LogP contribution in [0.1, 0.15) is 52.4 Å². The van der Waals surface area contributed by atoms with Gasteiger partial charge in [-0.25, -0.2) is 4.57 Å². The van der Waals surface area contributed by atoms with E-state index in [2.05, 4.69) is 13.8 Å². The molecule has 0 rings (SSSR count). The van der Waals surface area contributed by atoms with Gasteiger partial charge in [-0.3, -0.25) is 4.52 Å². The maximum Gasteiger partial charge on any atom is 0.470 e. The van der Waals surface area contributed by atoms with Crippen molar-refractivity contribution in [2.75, 3.05) is 27.7 Å². The third-order valence-electron chi connectivity index (χ3n) is 3.05. The van der Waals surface area contributed by atoms with Crippen molar-refractivity contribution in [3.8, 4) is 0 Å². The highest BCUT2D eigenvalue weighted by Gasteiger charge is 2.41. The Morgan fingerprint density at radius 1 is 1.05 bits per heavy atom. The first-order chi connectivity index (χ1) is 8.54. The Bertz CT molecular complexity index is 288. The van der Waals surface area contributed by atoms with E-state index in [1.54, 1.807) is 0 Å². The molecule has 0 heterocycles. The Balaban J connectivity index is 5.11. The predicted octanol–water partition coefficient (Wildman–Crippen LogP) is 2.92. The normalized spacial score (nSPS) is 13.8. The second-order valence-electron chi connectivity index (χ2n) is 6.42. The van der Waals surface area contributed by atoms with Gasteiger partial charge in [-0.1, -0.05) is 39.5 Å². The molecule has 0 aliphatic rings. The predicted molar refractivity (Wildman–Crippen MR) is 77.8 cm³/mol. The molecule has 0 aromatic carbocycles. The molecule has 0 spiro atoms. The number of nitrogens with zero attached hydrogens (tertiary/aromatic N) is 1. The number of phosphoric acid groups is 1. The van der Waals surface area contributed by atoms with Crippen LogP contribution in [-0.2, 0) is 9.09 Å². The number of rotatable bonds is 10. The Labute approximate surface area is 117 Å². The SMILES string of the molecule is CCCCC(CCCC)(C[N+](C)(C)C)OP(=O)(O)O. The van der Waals surface area contributed by atoms with E-state index in [4.69, 9.17) is 4.52 Å². The summed E-state index contributed by atoms with van der Waals surface area (Å²) in [7, 11) is 1.61. The Morgan fingerprint density at radius 2 is 1.47 bits per heavy atom. The molecule has 2 N–H and O–H groups in total. The van der Waals surface area contributed by atoms with E-state index >= 15 is 0 Å². The fraction of sp³-hybridized carbons (Fsp3) is 1.00. The smallest absolute Gasteiger partial charge is 0.329 e. The zero-order chi connectivity index (χ0) is 15.2. The molecule has 116 valence electrons. The summed E-state index contributed by atoms with van der Waals surface area (Å²) in [5.41, 5.74) is -0.719. The lowest BCUT2D eigenvalue weighted by Crippen LogP contribution is -2.50. The molecule has 0 aromatic rings. The molecule has 0 atom stereocenters. The molecule has 5 nitrogen and oxygen atoms in total. The van der Waals surface area contributed by atoms with Gasteiger partial charge >= 0.3 is 7.82 Å². The van der Waals surface area contributed by atoms with Gasteiger partial charge in [0.25, 0.3) is 0 Å². The second kappa shape index (κ2) is 7.75. The fourth-order valence-corrected chi connectivity index (χ4v) is 3.26. The molecule has 0 amide bonds. The first kappa shape index (κ1) is 19.1. The lowest BCUT2D eigenvalue weighted by molar-refractivity contribution is -0.876. The van der Waals surface area contributed by atoms with Gasteiger partial charge in [-0.05, 0) is 12.8 Å². The largest absolute Gasteiger partial charge is 0.470 e. The van der Waals surface area contributed by atoms with Crippen LogP contribution < -0.4 is 0 Å². The van der Waals surface area contributed by atoms with Crippen LogP contribution in [0.15, 0.2) is 0 Å². The average Bonchev–Trinajstić information content (AvgIpc) is 2.19. The lowest BCUT2D eigenvalue weighted by Gasteiger charge is -2.39. The van der Waals surface area contributed by atoms with Gasteiger partial charge in [0.15, 0.2) is 0 Å². The number of unbranched alkanes of at least 4 members (excludes halogenated alkanes) is 2. The molecule has 0 radical (unpaired) electrons. The van der Waals surface area contributed by atoms with E-state index in [1.165, 1.54) is 0 Å². The summed E-state index contributed by atoms with van der Waals surface area (Å²) in [5.74, 6) is 0. The number of likely N-dealkylation sites (N-methyl/N-ethyl adjacent to an activating group) is 1. The number of hydrogen-bond acceptors (Lipinski definition) is 2. The third kappa shape index (κ3) is 9.58. The standard InChI is InChI=1S/C13H30NO4P/c1-6-8-10-13(11-9-7-2,12-14(3,4)5)18-19(15,16)17/h6-12H2,1-5H3,(H-,15,16,17)/p+1. The van der Waals surface area contributed by atoms with E-state index in [9.17, 15) is 14.4 Å². The Kier molecular flexibility index (Phi) is 7.78. The highest BCUT2D eigenvalue weighted by Crippen LogP contribution is 2.45. The average molecular weight is 296 g/mol. The molecular weight excluding hydrogens is 265 g/mol. The van der Waals surface area contributed by atoms with Gasteiger partial charge < -0.3 is 14.3 Å². The molecular formula is C13H31NO4P+. The molecule has 6 heteroatoms. The van der Waals surface area contributed by atoms with Crippen LogP contribution >= 0.6 is 7.82 Å². The molecule has 0 aliphatic carbocycles. The maximum absolute atomic E-state index is 11.3. The van der Waals surface area contributed by atoms with Crippen molar-refractivity contribution in [1.82, 2.24) is 0 Å². The van der Waals surface area contributed by atoms with Gasteiger partial charge in [0.1, 0.15) is 12.1 Å². The zero-order valence-corrected chi connectivity index (χ0v) is 13.9. The summed E-state index contributed by atoms with van der Waals surface area (Å²) in [6, 6.07) is 0. The summed E-state index contributed by atoms with van der Waals surface area (Å²) < 4.78 is 17.2. The second-order valence-corrected chi connectivity index (χ2v) is 7.58. The molecule has 0 bridgehead atoms. The summed E-state index contributed by atoms with van der Waals surface area (Å²) in [6.45, 7) is 4.76. The summed E-state index contributed by atoms with van der Waals surface area (Å²) in [4.78, 5) is 18.5. The molecule has 0 fully saturated rings. The first-order valence-electron chi connectivity index (χ1n) is 7.10. The fourth-order valence-electron chi connectivity index (χ4n) is 2.52. The van der Waals surface area contributed by atoms with E-state index < -0.39 is 13.4 Å². The molecule has 0 saturated carbocycles. The van der Waals surface area contributed by atoms with Crippen molar-refractivity contribution in [3.05, 3.63) is 0 Å². The van der Waals surface area contributed by atoms with Crippen LogP contribution in [0.2, 0.25) is 0 Å². The Hall–Kier alpha value is 0.0700. The Morgan fingerprint density at radius 3 is 1.74 bits per heavy atom. The monoisotopic (exact) mass is 296 g/mol. The lowest BCUT2D eigenvalue weighted by atomic mass is 9.90. The van der Waals surface area contributed by atoms with Crippen molar-refractivity contribution >= 4 is 7.82 Å². The number of phosphoric ester groups is 1. The van der Waals surface area contributed by atoms with Gasteiger partial charge in [0, 0.05) is 0 Å². The maximum atomic E-state index is 11.3. The molecule has 0 unspecified atom stereocenters. The van der Waals surface area contributed by atoms with Crippen molar-refractivity contribution < 1.29 is 23.4 Å². The minimum atomic E-state index is -4.46. The van der Waals surface area contributed by atoms with Crippen LogP contribution in [0.25, 0.3) is 0 Å². The molecule has 0 saturated heterocycles. The molecule has 0 aromatic heterocycles. The van der Waals surface area contributed by atoms with E-state index in [0.29, 0.717) is 23.9 Å². The molecule has 0 aliphatic heterocycles. The first-order valence-corrected chi connectivity index (χ1v) is 8.63. The molecule has 19 heavy (non-hydrogen) atoms. The van der Waals surface area contributed by atoms with Crippen LogP contribution in [0, 0.1) is 0 Å². The van der Waals surface area contributed by atoms with Gasteiger partial charge in [0.2, 0.25) is 0 Å². The van der Waals surface area contributed by atoms with E-state index in [0.717, 1.165) is 25.7 Å². The van der Waals surface area contributed by atoms with Gasteiger partial charge in [-0.2, -0.15) is 0 Å². The number of hydrogen-bond donors (Lipinski definition) is 2. The zero-order valence-electron chi connectivity index (χ0n) is 13.1. The van der Waals surface area contributed by atoms with Crippen molar-refractivity contribution in [2.45, 2.75) is 58.0 Å². The minimum Gasteiger partial charge on any atom is -0.329 e. The third-order valence-corrected chi connectivity index (χ3v) is 3.67. The van der Waals surface area contributed by atoms with Crippen LogP contribution in [0.5, 0.6) is 0 Å². The van der Waals surface area contributed by atoms with E-state index in [-0.39, 0.29) is 0 Å². The van der Waals surface area contributed by atoms with Crippen LogP contribution in [0.4, 0.5) is 0 Å². The highest BCUT2D eigenvalue weighted by molar-refractivity contribution is 7.46. The number of quaternary nitrogens is 1. The van der Waals surface area contributed by atoms with E-state index in [1.807, 2.05) is 21.1 Å². The highest BCUT2D eigenvalue weighted by atomic mass is 31.2. The van der Waals surface area contributed by atoms with Crippen molar-refractivity contribution in [3.63, 3.8) is 0 Å². The summed E-state index contributed by atoms with van der Waals surface area (Å²) in [6.07, 6.45) is 5.23. The van der Waals surface area contributed by atoms with Crippen molar-refractivity contribution in [1.29, 1.82) is 0 Å². The quantitative estimate of drug-likeness (QED) is 0.480. The van der Waals surface area contributed by atoms with Crippen molar-refractivity contribution in [2.24, 2.45) is 0 Å². The topological polar surface area (TPSA) is 66.8 Å². The minimum absolute atomic E-state index is 0.609. The van der Waals surface area contributed by atoms with Crippen LogP contribution in [0.3, 0.4) is 0 Å². The van der Waals surface area contributed by atoms with Gasteiger partial charge in [0.05, 0.1) is 21.1 Å².